The van der Waals surface area contributed by atoms with E-state index in [2.05, 4.69) is 52.3 Å². The van der Waals surface area contributed by atoms with Gasteiger partial charge in [-0.05, 0) is 18.2 Å². The van der Waals surface area contributed by atoms with Crippen LogP contribution in [0.3, 0.4) is 0 Å². The van der Waals surface area contributed by atoms with E-state index in [0.29, 0.717) is 6.54 Å². The van der Waals surface area contributed by atoms with E-state index in [9.17, 15) is 0 Å². The van der Waals surface area contributed by atoms with Gasteiger partial charge in [-0.15, -0.1) is 0 Å². The molecule has 1 fully saturated rings. The fourth-order valence-electron chi connectivity index (χ4n) is 3.35. The van der Waals surface area contributed by atoms with Gasteiger partial charge in [0.25, 0.3) is 0 Å². The Labute approximate surface area is 138 Å². The van der Waals surface area contributed by atoms with Crippen LogP contribution in [0.5, 0.6) is 5.75 Å². The molecule has 0 radical (unpaired) electrons. The molecule has 0 amide bonds. The first-order chi connectivity index (χ1) is 11.3. The Morgan fingerprint density at radius 2 is 1.61 bits per heavy atom. The number of anilines is 1. The molecule has 4 heteroatoms. The average molecular weight is 311 g/mol. The third kappa shape index (κ3) is 3.49. The number of hydrogen-bond acceptors (Lipinski definition) is 4. The van der Waals surface area contributed by atoms with E-state index in [1.807, 2.05) is 12.1 Å². The molecule has 0 unspecified atom stereocenters. The van der Waals surface area contributed by atoms with E-state index in [1.54, 1.807) is 7.11 Å². The van der Waals surface area contributed by atoms with Gasteiger partial charge in [-0.25, -0.2) is 0 Å². The third-order valence-corrected chi connectivity index (χ3v) is 4.60. The highest BCUT2D eigenvalue weighted by molar-refractivity contribution is 5.46. The van der Waals surface area contributed by atoms with Crippen LogP contribution in [-0.4, -0.2) is 44.7 Å². The van der Waals surface area contributed by atoms with Gasteiger partial charge >= 0.3 is 0 Å². The normalized spacial score (nSPS) is 17.0. The molecule has 1 heterocycles. The van der Waals surface area contributed by atoms with Crippen LogP contribution in [0.2, 0.25) is 0 Å². The van der Waals surface area contributed by atoms with Crippen LogP contribution >= 0.6 is 0 Å². The molecule has 0 spiro atoms. The molecule has 0 saturated carbocycles. The number of hydrogen-bond donors (Lipinski definition) is 1. The van der Waals surface area contributed by atoms with Crippen LogP contribution < -0.4 is 15.4 Å². The van der Waals surface area contributed by atoms with Gasteiger partial charge in [-0.2, -0.15) is 0 Å². The van der Waals surface area contributed by atoms with Gasteiger partial charge in [0.1, 0.15) is 5.75 Å². The average Bonchev–Trinajstić information content (AvgIpc) is 2.64. The predicted molar refractivity (Wildman–Crippen MR) is 95.0 cm³/mol. The van der Waals surface area contributed by atoms with Gasteiger partial charge in [0, 0.05) is 44.0 Å². The van der Waals surface area contributed by atoms with Crippen LogP contribution in [0, 0.1) is 0 Å². The minimum Gasteiger partial charge on any atom is -0.496 e. The molecular formula is C19H25N3O. The van der Waals surface area contributed by atoms with E-state index in [-0.39, 0.29) is 6.04 Å². The summed E-state index contributed by atoms with van der Waals surface area (Å²) in [6, 6.07) is 19.0. The first-order valence-electron chi connectivity index (χ1n) is 8.20. The van der Waals surface area contributed by atoms with Crippen molar-refractivity contribution in [1.29, 1.82) is 0 Å². The second-order valence-electron chi connectivity index (χ2n) is 5.85. The Balaban J connectivity index is 1.70. The molecule has 3 rings (SSSR count). The fraction of sp³-hybridized carbons (Fsp3) is 0.368. The highest BCUT2D eigenvalue weighted by Gasteiger charge is 2.26. The second-order valence-corrected chi connectivity index (χ2v) is 5.85. The van der Waals surface area contributed by atoms with Crippen LogP contribution in [-0.2, 0) is 0 Å². The summed E-state index contributed by atoms with van der Waals surface area (Å²) in [5.74, 6) is 0.924. The summed E-state index contributed by atoms with van der Waals surface area (Å²) >= 11 is 0. The summed E-state index contributed by atoms with van der Waals surface area (Å²) in [5, 5.41) is 0. The lowest BCUT2D eigenvalue weighted by molar-refractivity contribution is 0.187. The number of piperazine rings is 1. The monoisotopic (exact) mass is 311 g/mol. The standard InChI is InChI=1S/C19H25N3O/c1-23-19-10-6-5-9-17(19)18(15-20)22-13-11-21(12-14-22)16-7-3-2-4-8-16/h2-10,18H,11-15,20H2,1H3/t18-/m1/s1. The van der Waals surface area contributed by atoms with Crippen molar-refractivity contribution in [1.82, 2.24) is 4.90 Å². The number of para-hydroxylation sites is 2. The van der Waals surface area contributed by atoms with Gasteiger partial charge in [0.2, 0.25) is 0 Å². The van der Waals surface area contributed by atoms with Crippen LogP contribution in [0.15, 0.2) is 54.6 Å². The molecule has 2 N–H and O–H groups in total. The van der Waals surface area contributed by atoms with Crippen molar-refractivity contribution >= 4 is 5.69 Å². The summed E-state index contributed by atoms with van der Waals surface area (Å²) in [5.41, 5.74) is 8.58. The molecule has 1 saturated heterocycles. The van der Waals surface area contributed by atoms with Crippen LogP contribution in [0.25, 0.3) is 0 Å². The van der Waals surface area contributed by atoms with Crippen molar-refractivity contribution in [2.24, 2.45) is 5.73 Å². The summed E-state index contributed by atoms with van der Waals surface area (Å²) in [6.45, 7) is 4.67. The fourth-order valence-corrected chi connectivity index (χ4v) is 3.35. The Morgan fingerprint density at radius 1 is 0.957 bits per heavy atom. The van der Waals surface area contributed by atoms with Crippen molar-refractivity contribution in [3.05, 3.63) is 60.2 Å². The molecule has 1 aliphatic heterocycles. The van der Waals surface area contributed by atoms with Crippen molar-refractivity contribution in [2.75, 3.05) is 44.7 Å². The van der Waals surface area contributed by atoms with E-state index >= 15 is 0 Å². The van der Waals surface area contributed by atoms with Crippen molar-refractivity contribution in [3.8, 4) is 5.75 Å². The summed E-state index contributed by atoms with van der Waals surface area (Å²) in [7, 11) is 1.72. The maximum atomic E-state index is 6.09. The summed E-state index contributed by atoms with van der Waals surface area (Å²) in [6.07, 6.45) is 0. The van der Waals surface area contributed by atoms with E-state index in [4.69, 9.17) is 10.5 Å². The van der Waals surface area contributed by atoms with Gasteiger partial charge in [0.05, 0.1) is 13.2 Å². The first-order valence-corrected chi connectivity index (χ1v) is 8.20. The number of methoxy groups -OCH3 is 1. The molecule has 2 aromatic carbocycles. The Kier molecular flexibility index (Phi) is 5.16. The number of rotatable bonds is 5. The zero-order chi connectivity index (χ0) is 16.1. The van der Waals surface area contributed by atoms with Crippen molar-refractivity contribution in [3.63, 3.8) is 0 Å². The smallest absolute Gasteiger partial charge is 0.123 e. The minimum atomic E-state index is 0.212. The number of nitrogens with two attached hydrogens (primary N) is 1. The second kappa shape index (κ2) is 7.49. The van der Waals surface area contributed by atoms with Gasteiger partial charge in [-0.3, -0.25) is 4.90 Å². The molecule has 0 aromatic heterocycles. The molecule has 4 nitrogen and oxygen atoms in total. The van der Waals surface area contributed by atoms with Crippen LogP contribution in [0.4, 0.5) is 5.69 Å². The molecule has 1 atom stereocenters. The van der Waals surface area contributed by atoms with Gasteiger partial charge < -0.3 is 15.4 Å². The topological polar surface area (TPSA) is 41.7 Å². The van der Waals surface area contributed by atoms with E-state index < -0.39 is 0 Å². The van der Waals surface area contributed by atoms with Crippen LogP contribution in [0.1, 0.15) is 11.6 Å². The minimum absolute atomic E-state index is 0.212. The quantitative estimate of drug-likeness (QED) is 0.921. The van der Waals surface area contributed by atoms with Crippen molar-refractivity contribution < 1.29 is 4.74 Å². The molecule has 1 aliphatic rings. The highest BCUT2D eigenvalue weighted by atomic mass is 16.5. The number of benzene rings is 2. The first kappa shape index (κ1) is 15.8. The predicted octanol–water partition coefficient (Wildman–Crippen LogP) is 2.52. The largest absolute Gasteiger partial charge is 0.496 e. The molecule has 0 aliphatic carbocycles. The molecule has 0 bridgehead atoms. The van der Waals surface area contributed by atoms with E-state index in [1.165, 1.54) is 11.3 Å². The Bertz CT molecular complexity index is 609. The van der Waals surface area contributed by atoms with Crippen molar-refractivity contribution in [2.45, 2.75) is 6.04 Å². The Morgan fingerprint density at radius 3 is 2.26 bits per heavy atom. The molecule has 23 heavy (non-hydrogen) atoms. The number of nitrogens with zero attached hydrogens (tertiary/aromatic N) is 2. The van der Waals surface area contributed by atoms with Gasteiger partial charge in [-0.1, -0.05) is 36.4 Å². The lowest BCUT2D eigenvalue weighted by Gasteiger charge is -2.40. The maximum Gasteiger partial charge on any atom is 0.123 e. The highest BCUT2D eigenvalue weighted by Crippen LogP contribution is 2.29. The molecule has 2 aromatic rings. The molecule has 122 valence electrons. The summed E-state index contributed by atoms with van der Waals surface area (Å²) < 4.78 is 5.52. The van der Waals surface area contributed by atoms with E-state index in [0.717, 1.165) is 31.9 Å². The zero-order valence-corrected chi connectivity index (χ0v) is 13.7. The molecular weight excluding hydrogens is 286 g/mol. The number of ether oxygens (including phenoxy) is 1. The zero-order valence-electron chi connectivity index (χ0n) is 13.7. The summed E-state index contributed by atoms with van der Waals surface area (Å²) in [4.78, 5) is 4.91. The third-order valence-electron chi connectivity index (χ3n) is 4.60. The lowest BCUT2D eigenvalue weighted by Crippen LogP contribution is -2.49. The van der Waals surface area contributed by atoms with Gasteiger partial charge in [0.15, 0.2) is 0 Å². The lowest BCUT2D eigenvalue weighted by atomic mass is 10.0. The SMILES string of the molecule is COc1ccccc1[C@@H](CN)N1CCN(c2ccccc2)CC1. The maximum absolute atomic E-state index is 6.09. The Hall–Kier alpha value is -2.04.